The number of carbonyl (C=O) groups is 1. The van der Waals surface area contributed by atoms with Gasteiger partial charge in [0, 0.05) is 10.9 Å². The smallest absolute Gasteiger partial charge is 0.312 e. The predicted octanol–water partition coefficient (Wildman–Crippen LogP) is 5.37. The van der Waals surface area contributed by atoms with Gasteiger partial charge in [0.15, 0.2) is 0 Å². The molecular formula is C18H25ClO2. The lowest BCUT2D eigenvalue weighted by atomic mass is 9.72. The molecule has 1 unspecified atom stereocenters. The molecule has 2 nitrogen and oxygen atoms in total. The van der Waals surface area contributed by atoms with Crippen LogP contribution in [0.3, 0.4) is 0 Å². The van der Waals surface area contributed by atoms with Crippen LogP contribution < -0.4 is 0 Å². The summed E-state index contributed by atoms with van der Waals surface area (Å²) in [5.41, 5.74) is 0.406. The molecule has 0 aromatic heterocycles. The standard InChI is InChI=1S/C18H25ClO2/c1-5-7-8-12-15(14-11-9-10-13-16(14)19)18(3,4)17(20)21-6-2/h5,9-11,13,15H,1,6-8,12H2,2-4H3. The monoisotopic (exact) mass is 308 g/mol. The number of ether oxygens (including phenoxy) is 1. The maximum absolute atomic E-state index is 12.3. The molecule has 0 bridgehead atoms. The first-order valence-corrected chi connectivity index (χ1v) is 7.85. The SMILES string of the molecule is C=CCCCC(c1ccccc1Cl)C(C)(C)C(=O)OCC. The summed E-state index contributed by atoms with van der Waals surface area (Å²) in [6, 6.07) is 7.74. The van der Waals surface area contributed by atoms with Gasteiger partial charge in [0.1, 0.15) is 0 Å². The maximum atomic E-state index is 12.3. The van der Waals surface area contributed by atoms with Crippen molar-refractivity contribution < 1.29 is 9.53 Å². The molecule has 0 fully saturated rings. The van der Waals surface area contributed by atoms with E-state index in [0.717, 1.165) is 24.8 Å². The quantitative estimate of drug-likeness (QED) is 0.366. The van der Waals surface area contributed by atoms with Gasteiger partial charge in [-0.25, -0.2) is 0 Å². The number of rotatable bonds is 8. The first kappa shape index (κ1) is 17.8. The van der Waals surface area contributed by atoms with E-state index in [4.69, 9.17) is 16.3 Å². The van der Waals surface area contributed by atoms with Crippen molar-refractivity contribution in [3.8, 4) is 0 Å². The maximum Gasteiger partial charge on any atom is 0.312 e. The summed E-state index contributed by atoms with van der Waals surface area (Å²) in [4.78, 5) is 12.3. The second-order valence-electron chi connectivity index (χ2n) is 5.74. The number of carbonyl (C=O) groups excluding carboxylic acids is 1. The minimum atomic E-state index is -0.609. The van der Waals surface area contributed by atoms with Crippen LogP contribution in [0, 0.1) is 5.41 Å². The van der Waals surface area contributed by atoms with Crippen molar-refractivity contribution in [2.45, 2.75) is 46.0 Å². The van der Waals surface area contributed by atoms with Crippen molar-refractivity contribution >= 4 is 17.6 Å². The zero-order chi connectivity index (χ0) is 15.9. The largest absolute Gasteiger partial charge is 0.466 e. The highest BCUT2D eigenvalue weighted by molar-refractivity contribution is 6.31. The third-order valence-electron chi connectivity index (χ3n) is 3.85. The molecule has 0 aliphatic rings. The number of hydrogen-bond acceptors (Lipinski definition) is 2. The third-order valence-corrected chi connectivity index (χ3v) is 4.20. The average molecular weight is 309 g/mol. The Morgan fingerprint density at radius 1 is 1.43 bits per heavy atom. The fraction of sp³-hybridized carbons (Fsp3) is 0.500. The highest BCUT2D eigenvalue weighted by atomic mass is 35.5. The Balaban J connectivity index is 3.09. The Hall–Kier alpha value is -1.28. The van der Waals surface area contributed by atoms with Crippen LogP contribution >= 0.6 is 11.6 Å². The molecule has 0 N–H and O–H groups in total. The highest BCUT2D eigenvalue weighted by Gasteiger charge is 2.39. The molecule has 0 saturated heterocycles. The van der Waals surface area contributed by atoms with Gasteiger partial charge in [-0.2, -0.15) is 0 Å². The number of hydrogen-bond donors (Lipinski definition) is 0. The molecule has 1 aromatic rings. The molecule has 0 heterocycles. The molecule has 21 heavy (non-hydrogen) atoms. The zero-order valence-corrected chi connectivity index (χ0v) is 14.0. The summed E-state index contributed by atoms with van der Waals surface area (Å²) in [6.45, 7) is 9.85. The summed E-state index contributed by atoms with van der Waals surface area (Å²) in [5.74, 6) is -0.140. The van der Waals surface area contributed by atoms with Gasteiger partial charge in [-0.1, -0.05) is 35.9 Å². The summed E-state index contributed by atoms with van der Waals surface area (Å²) in [6.07, 6.45) is 4.69. The van der Waals surface area contributed by atoms with Crippen LogP contribution in [0.1, 0.15) is 51.5 Å². The highest BCUT2D eigenvalue weighted by Crippen LogP contribution is 2.42. The van der Waals surface area contributed by atoms with Crippen LogP contribution in [0.4, 0.5) is 0 Å². The second-order valence-corrected chi connectivity index (χ2v) is 6.14. The van der Waals surface area contributed by atoms with E-state index in [1.165, 1.54) is 0 Å². The number of halogens is 1. The van der Waals surface area contributed by atoms with Crippen LogP contribution in [-0.2, 0) is 9.53 Å². The predicted molar refractivity (Wildman–Crippen MR) is 88.7 cm³/mol. The fourth-order valence-corrected chi connectivity index (χ4v) is 2.86. The molecule has 0 aliphatic carbocycles. The van der Waals surface area contributed by atoms with Crippen molar-refractivity contribution in [2.24, 2.45) is 5.41 Å². The Kier molecular flexibility index (Phi) is 6.97. The molecular weight excluding hydrogens is 284 g/mol. The van der Waals surface area contributed by atoms with Gasteiger partial charge in [0.05, 0.1) is 12.0 Å². The number of unbranched alkanes of at least 4 members (excludes halogenated alkanes) is 1. The lowest BCUT2D eigenvalue weighted by Crippen LogP contribution is -2.33. The van der Waals surface area contributed by atoms with Crippen LogP contribution in [0.2, 0.25) is 5.02 Å². The van der Waals surface area contributed by atoms with Crippen LogP contribution in [0.15, 0.2) is 36.9 Å². The van der Waals surface area contributed by atoms with Crippen molar-refractivity contribution in [2.75, 3.05) is 6.61 Å². The Morgan fingerprint density at radius 2 is 2.10 bits per heavy atom. The Labute approximate surface area is 133 Å². The lowest BCUT2D eigenvalue weighted by molar-refractivity contribution is -0.154. The van der Waals surface area contributed by atoms with E-state index in [9.17, 15) is 4.79 Å². The van der Waals surface area contributed by atoms with E-state index in [1.54, 1.807) is 0 Å². The molecule has 3 heteroatoms. The van der Waals surface area contributed by atoms with Gasteiger partial charge in [0.25, 0.3) is 0 Å². The van der Waals surface area contributed by atoms with Gasteiger partial charge >= 0.3 is 5.97 Å². The molecule has 1 rings (SSSR count). The molecule has 116 valence electrons. The minimum Gasteiger partial charge on any atom is -0.466 e. The van der Waals surface area contributed by atoms with Crippen LogP contribution in [0.25, 0.3) is 0 Å². The number of allylic oxidation sites excluding steroid dienone is 1. The third kappa shape index (κ3) is 4.60. The van der Waals surface area contributed by atoms with Crippen LogP contribution in [0.5, 0.6) is 0 Å². The average Bonchev–Trinajstić information content (AvgIpc) is 2.45. The first-order chi connectivity index (χ1) is 9.95. The Bertz CT molecular complexity index is 480. The van der Waals surface area contributed by atoms with Gasteiger partial charge in [0.2, 0.25) is 0 Å². The molecule has 0 spiro atoms. The molecule has 1 atom stereocenters. The Morgan fingerprint density at radius 3 is 2.67 bits per heavy atom. The summed E-state index contributed by atoms with van der Waals surface area (Å²) >= 11 is 6.35. The van der Waals surface area contributed by atoms with Crippen LogP contribution in [-0.4, -0.2) is 12.6 Å². The van der Waals surface area contributed by atoms with E-state index >= 15 is 0 Å². The normalized spacial score (nSPS) is 12.8. The van der Waals surface area contributed by atoms with E-state index in [-0.39, 0.29) is 11.9 Å². The summed E-state index contributed by atoms with van der Waals surface area (Å²) < 4.78 is 5.25. The molecule has 0 saturated carbocycles. The van der Waals surface area contributed by atoms with E-state index in [0.29, 0.717) is 11.6 Å². The van der Waals surface area contributed by atoms with Crippen molar-refractivity contribution in [1.29, 1.82) is 0 Å². The second kappa shape index (κ2) is 8.23. The fourth-order valence-electron chi connectivity index (χ4n) is 2.59. The number of benzene rings is 1. The molecule has 0 aliphatic heterocycles. The number of esters is 1. The van der Waals surface area contributed by atoms with Gasteiger partial charge in [-0.15, -0.1) is 6.58 Å². The minimum absolute atomic E-state index is 0.0326. The van der Waals surface area contributed by atoms with E-state index in [1.807, 2.05) is 51.1 Å². The molecule has 0 radical (unpaired) electrons. The van der Waals surface area contributed by atoms with Crippen molar-refractivity contribution in [3.63, 3.8) is 0 Å². The zero-order valence-electron chi connectivity index (χ0n) is 13.2. The topological polar surface area (TPSA) is 26.3 Å². The summed E-state index contributed by atoms with van der Waals surface area (Å²) in [7, 11) is 0. The first-order valence-electron chi connectivity index (χ1n) is 7.47. The van der Waals surface area contributed by atoms with Crippen molar-refractivity contribution in [1.82, 2.24) is 0 Å². The molecule has 1 aromatic carbocycles. The van der Waals surface area contributed by atoms with E-state index in [2.05, 4.69) is 6.58 Å². The lowest BCUT2D eigenvalue weighted by Gasteiger charge is -2.33. The van der Waals surface area contributed by atoms with Gasteiger partial charge < -0.3 is 4.74 Å². The summed E-state index contributed by atoms with van der Waals surface area (Å²) in [5, 5.41) is 0.707. The van der Waals surface area contributed by atoms with Crippen molar-refractivity contribution in [3.05, 3.63) is 47.5 Å². The van der Waals surface area contributed by atoms with Gasteiger partial charge in [-0.05, 0) is 51.7 Å². The van der Waals surface area contributed by atoms with Gasteiger partial charge in [-0.3, -0.25) is 4.79 Å². The molecule has 0 amide bonds. The van der Waals surface area contributed by atoms with E-state index < -0.39 is 5.41 Å².